The molecule has 1 aliphatic carbocycles. The third-order valence-electron chi connectivity index (χ3n) is 9.15. The maximum Gasteiger partial charge on any atom is 0.142 e. The van der Waals surface area contributed by atoms with Crippen LogP contribution in [0.3, 0.4) is 0 Å². The molecule has 0 aromatic heterocycles. The Morgan fingerprint density at radius 3 is 2.47 bits per heavy atom. The summed E-state index contributed by atoms with van der Waals surface area (Å²) in [5, 5.41) is 31.5. The third kappa shape index (κ3) is 5.46. The summed E-state index contributed by atoms with van der Waals surface area (Å²) in [6.07, 6.45) is 6.97. The largest absolute Gasteiger partial charge is 0.387 e. The summed E-state index contributed by atoms with van der Waals surface area (Å²) in [5.41, 5.74) is 6.17. The maximum absolute atomic E-state index is 10.8. The number of aliphatic hydroxyl groups excluding tert-OH is 2. The van der Waals surface area contributed by atoms with Crippen LogP contribution in [-0.4, -0.2) is 121 Å². The van der Waals surface area contributed by atoms with Crippen molar-refractivity contribution in [2.75, 3.05) is 53.1 Å². The van der Waals surface area contributed by atoms with E-state index in [0.29, 0.717) is 19.9 Å². The lowest BCUT2D eigenvalue weighted by atomic mass is 9.76. The van der Waals surface area contributed by atoms with Gasteiger partial charge in [0.15, 0.2) is 0 Å². The number of fused-ring (bicyclic) bond motifs is 1. The molecule has 10 nitrogen and oxygen atoms in total. The van der Waals surface area contributed by atoms with Crippen LogP contribution >= 0.6 is 0 Å². The van der Waals surface area contributed by atoms with Gasteiger partial charge in [0.25, 0.3) is 0 Å². The number of rotatable bonds is 7. The minimum absolute atomic E-state index is 0.0314. The van der Waals surface area contributed by atoms with Crippen molar-refractivity contribution in [2.45, 2.75) is 87.9 Å². The van der Waals surface area contributed by atoms with Crippen molar-refractivity contribution < 1.29 is 14.9 Å². The van der Waals surface area contributed by atoms with Gasteiger partial charge in [-0.3, -0.25) is 16.0 Å². The Bertz CT molecular complexity index is 646. The van der Waals surface area contributed by atoms with Gasteiger partial charge in [0.1, 0.15) is 24.5 Å². The molecule has 5 aliphatic rings. The quantitative estimate of drug-likeness (QED) is 0.260. The second kappa shape index (κ2) is 11.3. The first-order chi connectivity index (χ1) is 16.5. The van der Waals surface area contributed by atoms with Crippen LogP contribution in [-0.2, 0) is 4.74 Å². The Morgan fingerprint density at radius 1 is 0.971 bits per heavy atom. The summed E-state index contributed by atoms with van der Waals surface area (Å²) in [6.45, 7) is 6.20. The van der Waals surface area contributed by atoms with Crippen LogP contribution in [0.25, 0.3) is 0 Å². The number of likely N-dealkylation sites (tertiary alicyclic amines) is 1. The van der Waals surface area contributed by atoms with E-state index in [0.717, 1.165) is 24.9 Å². The molecule has 0 aromatic carbocycles. The first kappa shape index (κ1) is 25.3. The second-order valence-electron chi connectivity index (χ2n) is 11.3. The highest BCUT2D eigenvalue weighted by atomic mass is 16.6. The average molecular weight is 482 g/mol. The zero-order valence-electron chi connectivity index (χ0n) is 20.8. The summed E-state index contributed by atoms with van der Waals surface area (Å²) in [7, 11) is 2.09. The molecule has 0 radical (unpaired) electrons. The van der Waals surface area contributed by atoms with Crippen LogP contribution in [0.5, 0.6) is 0 Å². The molecular weight excluding hydrogens is 434 g/mol. The number of nitrogens with two attached hydrogens (primary N) is 1. The van der Waals surface area contributed by atoms with Crippen molar-refractivity contribution in [3.8, 4) is 0 Å². The van der Waals surface area contributed by atoms with E-state index in [9.17, 15) is 10.2 Å². The molecule has 34 heavy (non-hydrogen) atoms. The van der Waals surface area contributed by atoms with E-state index in [1.54, 1.807) is 0 Å². The van der Waals surface area contributed by atoms with Gasteiger partial charge in [0, 0.05) is 26.3 Å². The van der Waals surface area contributed by atoms with Gasteiger partial charge in [0.05, 0.1) is 25.0 Å². The number of likely N-dealkylation sites (N-methyl/N-ethyl adjacent to an activating group) is 1. The SMILES string of the molecule is CN(CCN1CCC(C2CCCCC2)CC1)CC1OC(N2CNC3C(N)NCNC32)[C@H](O)[C@@H]1O. The van der Waals surface area contributed by atoms with E-state index < -0.39 is 24.5 Å². The van der Waals surface area contributed by atoms with Gasteiger partial charge in [0.2, 0.25) is 0 Å². The van der Waals surface area contributed by atoms with E-state index in [-0.39, 0.29) is 18.4 Å². The Kier molecular flexibility index (Phi) is 8.42. The van der Waals surface area contributed by atoms with Crippen LogP contribution in [0.4, 0.5) is 0 Å². The van der Waals surface area contributed by atoms with E-state index in [2.05, 4.69) is 37.7 Å². The lowest BCUT2D eigenvalue weighted by Gasteiger charge is -2.38. The van der Waals surface area contributed by atoms with Crippen molar-refractivity contribution in [1.29, 1.82) is 0 Å². The minimum Gasteiger partial charge on any atom is -0.387 e. The number of nitrogens with one attached hydrogen (secondary N) is 3. The van der Waals surface area contributed by atoms with Crippen LogP contribution in [0.2, 0.25) is 0 Å². The molecule has 0 bridgehead atoms. The zero-order valence-corrected chi connectivity index (χ0v) is 20.8. The minimum atomic E-state index is -0.939. The summed E-state index contributed by atoms with van der Waals surface area (Å²) in [6, 6.07) is 0.0330. The molecule has 196 valence electrons. The molecule has 4 aliphatic heterocycles. The molecule has 5 rings (SSSR count). The van der Waals surface area contributed by atoms with Crippen molar-refractivity contribution >= 4 is 0 Å². The standard InChI is InChI=1S/C24H47N7O3/c1-29(11-12-30-9-7-17(8-10-30)16-5-3-2-4-6-16)13-18-20(32)21(33)24(34-18)31-15-28-19-22(25)26-14-27-23(19)31/h16-24,26-28,32-33H,2-15,25H2,1H3/t18?,19?,20-,21-,22?,23?,24?/m1/s1. The van der Waals surface area contributed by atoms with Gasteiger partial charge in [-0.2, -0.15) is 0 Å². The van der Waals surface area contributed by atoms with E-state index in [4.69, 9.17) is 10.5 Å². The fourth-order valence-electron chi connectivity index (χ4n) is 6.97. The zero-order chi connectivity index (χ0) is 23.7. The number of aliphatic hydroxyl groups is 2. The fraction of sp³-hybridized carbons (Fsp3) is 1.00. The monoisotopic (exact) mass is 481 g/mol. The van der Waals surface area contributed by atoms with Crippen molar-refractivity contribution in [3.05, 3.63) is 0 Å². The molecule has 7 N–H and O–H groups in total. The topological polar surface area (TPSA) is 122 Å². The predicted molar refractivity (Wildman–Crippen MR) is 130 cm³/mol. The van der Waals surface area contributed by atoms with Crippen molar-refractivity contribution in [3.63, 3.8) is 0 Å². The van der Waals surface area contributed by atoms with Gasteiger partial charge in [-0.25, -0.2) is 4.90 Å². The highest BCUT2D eigenvalue weighted by molar-refractivity contribution is 5.01. The van der Waals surface area contributed by atoms with Crippen LogP contribution in [0, 0.1) is 11.8 Å². The molecule has 10 heteroatoms. The van der Waals surface area contributed by atoms with Crippen LogP contribution < -0.4 is 21.7 Å². The first-order valence-corrected chi connectivity index (χ1v) is 13.7. The molecular formula is C24H47N7O3. The smallest absolute Gasteiger partial charge is 0.142 e. The van der Waals surface area contributed by atoms with Crippen molar-refractivity contribution in [1.82, 2.24) is 30.7 Å². The summed E-state index contributed by atoms with van der Waals surface area (Å²) in [5.74, 6) is 1.93. The van der Waals surface area contributed by atoms with Crippen LogP contribution in [0.1, 0.15) is 44.9 Å². The predicted octanol–water partition coefficient (Wildman–Crippen LogP) is -1.35. The average Bonchev–Trinajstić information content (AvgIpc) is 3.41. The Hall–Kier alpha value is -0.400. The van der Waals surface area contributed by atoms with Gasteiger partial charge < -0.3 is 30.5 Å². The summed E-state index contributed by atoms with van der Waals surface area (Å²) < 4.78 is 6.23. The molecule has 1 saturated carbocycles. The van der Waals surface area contributed by atoms with Gasteiger partial charge in [-0.05, 0) is 44.8 Å². The second-order valence-corrected chi connectivity index (χ2v) is 11.3. The maximum atomic E-state index is 10.8. The number of ether oxygens (including phenoxy) is 1. The number of hydrogen-bond acceptors (Lipinski definition) is 10. The highest BCUT2D eigenvalue weighted by Gasteiger charge is 2.51. The number of nitrogens with zero attached hydrogens (tertiary/aromatic N) is 3. The van der Waals surface area contributed by atoms with E-state index in [1.165, 1.54) is 58.0 Å². The van der Waals surface area contributed by atoms with Gasteiger partial charge in [-0.1, -0.05) is 32.1 Å². The normalized spacial score (nSPS) is 41.4. The summed E-state index contributed by atoms with van der Waals surface area (Å²) >= 11 is 0. The van der Waals surface area contributed by atoms with Crippen molar-refractivity contribution in [2.24, 2.45) is 17.6 Å². The lowest BCUT2D eigenvalue weighted by Crippen LogP contribution is -2.68. The van der Waals surface area contributed by atoms with Crippen LogP contribution in [0.15, 0.2) is 0 Å². The molecule has 7 atom stereocenters. The molecule has 4 saturated heterocycles. The van der Waals surface area contributed by atoms with Gasteiger partial charge in [-0.15, -0.1) is 0 Å². The fourth-order valence-corrected chi connectivity index (χ4v) is 6.97. The highest BCUT2D eigenvalue weighted by Crippen LogP contribution is 2.35. The van der Waals surface area contributed by atoms with E-state index >= 15 is 0 Å². The third-order valence-corrected chi connectivity index (χ3v) is 9.15. The lowest BCUT2D eigenvalue weighted by molar-refractivity contribution is -0.106. The first-order valence-electron chi connectivity index (χ1n) is 13.7. The Labute approximate surface area is 204 Å². The molecule has 0 aromatic rings. The molecule has 0 spiro atoms. The number of hydrogen-bond donors (Lipinski definition) is 6. The molecule has 5 fully saturated rings. The number of piperidine rings is 1. The molecule has 4 heterocycles. The van der Waals surface area contributed by atoms with E-state index in [1.807, 2.05) is 0 Å². The Balaban J connectivity index is 1.05. The van der Waals surface area contributed by atoms with Gasteiger partial charge >= 0.3 is 0 Å². The summed E-state index contributed by atoms with van der Waals surface area (Å²) in [4.78, 5) is 6.89. The Morgan fingerprint density at radius 2 is 1.71 bits per heavy atom. The molecule has 5 unspecified atom stereocenters. The molecule has 0 amide bonds.